The van der Waals surface area contributed by atoms with Crippen LogP contribution in [0.15, 0.2) is 17.2 Å². The molecule has 1 aromatic rings. The van der Waals surface area contributed by atoms with Crippen molar-refractivity contribution >= 4 is 17.4 Å². The minimum atomic E-state index is 0.323. The number of hydrogen-bond acceptors (Lipinski definition) is 4. The molecular weight excluding hydrogens is 206 g/mol. The van der Waals surface area contributed by atoms with Crippen molar-refractivity contribution in [3.05, 3.63) is 17.8 Å². The Bertz CT molecular complexity index is 371. The van der Waals surface area contributed by atoms with Gasteiger partial charge in [0.15, 0.2) is 5.69 Å². The van der Waals surface area contributed by atoms with Gasteiger partial charge in [0.2, 0.25) is 0 Å². The summed E-state index contributed by atoms with van der Waals surface area (Å²) in [5.74, 6) is 1.69. The Kier molecular flexibility index (Phi) is 4.44. The first kappa shape index (κ1) is 11.9. The van der Waals surface area contributed by atoms with Crippen LogP contribution in [-0.4, -0.2) is 10.7 Å². The summed E-state index contributed by atoms with van der Waals surface area (Å²) in [5, 5.41) is 9.64. The predicted molar refractivity (Wildman–Crippen MR) is 63.5 cm³/mol. The van der Waals surface area contributed by atoms with E-state index in [1.54, 1.807) is 17.8 Å². The van der Waals surface area contributed by atoms with Crippen LogP contribution >= 0.6 is 11.8 Å². The lowest BCUT2D eigenvalue weighted by Crippen LogP contribution is -1.98. The van der Waals surface area contributed by atoms with Crippen LogP contribution in [-0.2, 0) is 0 Å². The van der Waals surface area contributed by atoms with E-state index in [0.29, 0.717) is 17.3 Å². The van der Waals surface area contributed by atoms with Crippen molar-refractivity contribution in [2.75, 3.05) is 11.5 Å². The van der Waals surface area contributed by atoms with Gasteiger partial charge in [0, 0.05) is 5.75 Å². The van der Waals surface area contributed by atoms with Gasteiger partial charge in [-0.3, -0.25) is 0 Å². The Morgan fingerprint density at radius 1 is 1.60 bits per heavy atom. The van der Waals surface area contributed by atoms with Gasteiger partial charge >= 0.3 is 0 Å². The molecule has 80 valence electrons. The van der Waals surface area contributed by atoms with Crippen molar-refractivity contribution in [1.82, 2.24) is 4.98 Å². The summed E-state index contributed by atoms with van der Waals surface area (Å²) in [7, 11) is 0. The SMILES string of the molecule is CCC(C)CSc1ccc(N)c(C#N)n1. The molecule has 0 spiro atoms. The number of pyridine rings is 1. The summed E-state index contributed by atoms with van der Waals surface area (Å²) in [6, 6.07) is 5.59. The number of nitrogens with zero attached hydrogens (tertiary/aromatic N) is 2. The average Bonchev–Trinajstić information content (AvgIpc) is 2.27. The molecule has 3 nitrogen and oxygen atoms in total. The second-order valence-electron chi connectivity index (χ2n) is 3.52. The maximum Gasteiger partial charge on any atom is 0.164 e. The number of hydrogen-bond donors (Lipinski definition) is 1. The van der Waals surface area contributed by atoms with Crippen molar-refractivity contribution in [3.63, 3.8) is 0 Å². The van der Waals surface area contributed by atoms with Crippen LogP contribution in [0, 0.1) is 17.2 Å². The van der Waals surface area contributed by atoms with Gasteiger partial charge in [0.05, 0.1) is 10.7 Å². The van der Waals surface area contributed by atoms with Gasteiger partial charge in [-0.2, -0.15) is 5.26 Å². The van der Waals surface area contributed by atoms with Crippen LogP contribution in [0.5, 0.6) is 0 Å². The second kappa shape index (κ2) is 5.62. The zero-order valence-corrected chi connectivity index (χ0v) is 9.84. The number of nitriles is 1. The smallest absolute Gasteiger partial charge is 0.164 e. The highest BCUT2D eigenvalue weighted by Gasteiger charge is 2.04. The standard InChI is InChI=1S/C11H15N3S/c1-3-8(2)7-15-11-5-4-9(13)10(6-12)14-11/h4-5,8H,3,7,13H2,1-2H3. The van der Waals surface area contributed by atoms with Gasteiger partial charge in [-0.15, -0.1) is 11.8 Å². The lowest BCUT2D eigenvalue weighted by atomic mass is 10.2. The fraction of sp³-hybridized carbons (Fsp3) is 0.455. The molecule has 0 saturated heterocycles. The molecule has 1 heterocycles. The monoisotopic (exact) mass is 221 g/mol. The lowest BCUT2D eigenvalue weighted by Gasteiger charge is -2.07. The second-order valence-corrected chi connectivity index (χ2v) is 4.56. The molecule has 0 amide bonds. The Labute approximate surface area is 94.7 Å². The summed E-state index contributed by atoms with van der Waals surface area (Å²) in [6.07, 6.45) is 1.16. The van der Waals surface area contributed by atoms with E-state index in [4.69, 9.17) is 11.0 Å². The maximum atomic E-state index is 8.76. The van der Waals surface area contributed by atoms with Crippen molar-refractivity contribution in [2.24, 2.45) is 5.92 Å². The predicted octanol–water partition coefficient (Wildman–Crippen LogP) is 2.67. The molecule has 0 aromatic carbocycles. The summed E-state index contributed by atoms with van der Waals surface area (Å²) in [4.78, 5) is 4.17. The normalized spacial score (nSPS) is 12.1. The molecule has 4 heteroatoms. The molecule has 0 aliphatic heterocycles. The molecule has 0 bridgehead atoms. The number of rotatable bonds is 4. The third-order valence-corrected chi connectivity index (χ3v) is 3.48. The first-order valence-electron chi connectivity index (χ1n) is 4.96. The van der Waals surface area contributed by atoms with E-state index >= 15 is 0 Å². The van der Waals surface area contributed by atoms with Crippen LogP contribution < -0.4 is 5.73 Å². The van der Waals surface area contributed by atoms with Crippen LogP contribution in [0.25, 0.3) is 0 Å². The van der Waals surface area contributed by atoms with Crippen LogP contribution in [0.3, 0.4) is 0 Å². The molecule has 15 heavy (non-hydrogen) atoms. The molecule has 2 N–H and O–H groups in total. The zero-order valence-electron chi connectivity index (χ0n) is 9.03. The Hall–Kier alpha value is -1.21. The van der Waals surface area contributed by atoms with E-state index in [1.807, 2.05) is 12.1 Å². The van der Waals surface area contributed by atoms with E-state index in [1.165, 1.54) is 0 Å². The summed E-state index contributed by atoms with van der Waals surface area (Å²) < 4.78 is 0. The number of nitrogens with two attached hydrogens (primary N) is 1. The fourth-order valence-corrected chi connectivity index (χ4v) is 1.98. The molecule has 0 saturated carbocycles. The quantitative estimate of drug-likeness (QED) is 0.794. The largest absolute Gasteiger partial charge is 0.396 e. The highest BCUT2D eigenvalue weighted by Crippen LogP contribution is 2.21. The lowest BCUT2D eigenvalue weighted by molar-refractivity contribution is 0.636. The van der Waals surface area contributed by atoms with Gasteiger partial charge < -0.3 is 5.73 Å². The van der Waals surface area contributed by atoms with Crippen LogP contribution in [0.4, 0.5) is 5.69 Å². The Morgan fingerprint density at radius 3 is 2.93 bits per heavy atom. The van der Waals surface area contributed by atoms with Gasteiger partial charge in [-0.1, -0.05) is 20.3 Å². The van der Waals surface area contributed by atoms with Crippen molar-refractivity contribution in [2.45, 2.75) is 25.3 Å². The van der Waals surface area contributed by atoms with Gasteiger partial charge in [-0.25, -0.2) is 4.98 Å². The van der Waals surface area contributed by atoms with Crippen molar-refractivity contribution in [3.8, 4) is 6.07 Å². The molecule has 0 radical (unpaired) electrons. The molecular formula is C11H15N3S. The third-order valence-electron chi connectivity index (χ3n) is 2.22. The number of nitrogen functional groups attached to an aromatic ring is 1. The molecule has 1 atom stereocenters. The van der Waals surface area contributed by atoms with Gasteiger partial charge in [0.25, 0.3) is 0 Å². The van der Waals surface area contributed by atoms with E-state index in [2.05, 4.69) is 18.8 Å². The molecule has 1 aromatic heterocycles. The van der Waals surface area contributed by atoms with Crippen LogP contribution in [0.2, 0.25) is 0 Å². The number of thioether (sulfide) groups is 1. The van der Waals surface area contributed by atoms with Gasteiger partial charge in [0.1, 0.15) is 6.07 Å². The average molecular weight is 221 g/mol. The molecule has 0 aliphatic carbocycles. The summed E-state index contributed by atoms with van der Waals surface area (Å²) in [5.41, 5.74) is 6.36. The summed E-state index contributed by atoms with van der Waals surface area (Å²) in [6.45, 7) is 4.37. The first-order valence-corrected chi connectivity index (χ1v) is 5.95. The molecule has 0 aliphatic rings. The van der Waals surface area contributed by atoms with Crippen LogP contribution in [0.1, 0.15) is 26.0 Å². The fourth-order valence-electron chi connectivity index (χ4n) is 0.967. The molecule has 1 rings (SSSR count). The first-order chi connectivity index (χ1) is 7.17. The van der Waals surface area contributed by atoms with Crippen molar-refractivity contribution in [1.29, 1.82) is 5.26 Å². The number of anilines is 1. The van der Waals surface area contributed by atoms with Crippen molar-refractivity contribution < 1.29 is 0 Å². The van der Waals surface area contributed by atoms with E-state index in [0.717, 1.165) is 17.2 Å². The van der Waals surface area contributed by atoms with E-state index in [-0.39, 0.29) is 0 Å². The maximum absolute atomic E-state index is 8.76. The topological polar surface area (TPSA) is 62.7 Å². The Balaban J connectivity index is 2.67. The molecule has 1 unspecified atom stereocenters. The highest BCUT2D eigenvalue weighted by atomic mass is 32.2. The van der Waals surface area contributed by atoms with E-state index in [9.17, 15) is 0 Å². The summed E-state index contributed by atoms with van der Waals surface area (Å²) >= 11 is 1.67. The minimum absolute atomic E-state index is 0.323. The molecule has 0 fully saturated rings. The number of aromatic nitrogens is 1. The van der Waals surface area contributed by atoms with Gasteiger partial charge in [-0.05, 0) is 18.1 Å². The van der Waals surface area contributed by atoms with E-state index < -0.39 is 0 Å². The highest BCUT2D eigenvalue weighted by molar-refractivity contribution is 7.99. The Morgan fingerprint density at radius 2 is 2.33 bits per heavy atom. The zero-order chi connectivity index (χ0) is 11.3. The third kappa shape index (κ3) is 3.45. The minimum Gasteiger partial charge on any atom is -0.396 e.